The number of oxazole rings is 1. The minimum absolute atomic E-state index is 0.288. The Morgan fingerprint density at radius 2 is 2.30 bits per heavy atom. The summed E-state index contributed by atoms with van der Waals surface area (Å²) in [6.07, 6.45) is 1.68. The maximum atomic E-state index is 9.01. The lowest BCUT2D eigenvalue weighted by Gasteiger charge is -2.04. The van der Waals surface area contributed by atoms with E-state index in [0.717, 1.165) is 22.6 Å². The molecule has 0 amide bonds. The van der Waals surface area contributed by atoms with Gasteiger partial charge in [-0.1, -0.05) is 0 Å². The molecule has 0 saturated carbocycles. The van der Waals surface area contributed by atoms with Crippen molar-refractivity contribution in [2.45, 2.75) is 19.3 Å². The number of imidazole rings is 1. The van der Waals surface area contributed by atoms with E-state index < -0.39 is 0 Å². The van der Waals surface area contributed by atoms with Gasteiger partial charge < -0.3 is 8.98 Å². The number of aromatic nitrogens is 3. The van der Waals surface area contributed by atoms with Gasteiger partial charge in [0.2, 0.25) is 5.89 Å². The Hall–Kier alpha value is -2.32. The highest BCUT2D eigenvalue weighted by atomic mass is 35.5. The number of rotatable bonds is 3. The first-order valence-electron chi connectivity index (χ1n) is 6.08. The molecule has 0 radical (unpaired) electrons. The van der Waals surface area contributed by atoms with E-state index in [4.69, 9.17) is 21.3 Å². The van der Waals surface area contributed by atoms with E-state index in [9.17, 15) is 0 Å². The molecule has 3 rings (SSSR count). The standard InChI is InChI=1S/C14H11ClN4O/c1-9-7-17-14(20-9)8-19-12-4-10(6-16)2-3-11(12)18-13(19)5-15/h2-4,7H,5,8H2,1H3. The van der Waals surface area contributed by atoms with Crippen LogP contribution in [0.2, 0.25) is 0 Å². The average molecular weight is 287 g/mol. The second-order valence-electron chi connectivity index (χ2n) is 4.43. The molecule has 0 unspecified atom stereocenters. The van der Waals surface area contributed by atoms with Crippen molar-refractivity contribution in [3.63, 3.8) is 0 Å². The molecule has 0 atom stereocenters. The molecule has 5 nitrogen and oxygen atoms in total. The molecule has 0 spiro atoms. The molecule has 100 valence electrons. The summed E-state index contributed by atoms with van der Waals surface area (Å²) in [6, 6.07) is 7.49. The second kappa shape index (κ2) is 4.99. The molecule has 2 aromatic heterocycles. The van der Waals surface area contributed by atoms with Crippen LogP contribution in [0.25, 0.3) is 11.0 Å². The third-order valence-corrected chi connectivity index (χ3v) is 3.28. The lowest BCUT2D eigenvalue weighted by Crippen LogP contribution is -2.04. The van der Waals surface area contributed by atoms with Crippen LogP contribution in [-0.4, -0.2) is 14.5 Å². The number of hydrogen-bond acceptors (Lipinski definition) is 4. The monoisotopic (exact) mass is 286 g/mol. The van der Waals surface area contributed by atoms with Crippen LogP contribution in [-0.2, 0) is 12.4 Å². The fraction of sp³-hybridized carbons (Fsp3) is 0.214. The highest BCUT2D eigenvalue weighted by Crippen LogP contribution is 2.20. The molecule has 0 saturated heterocycles. The van der Waals surface area contributed by atoms with E-state index in [0.29, 0.717) is 18.0 Å². The van der Waals surface area contributed by atoms with E-state index in [1.165, 1.54) is 0 Å². The van der Waals surface area contributed by atoms with Crippen LogP contribution in [0.15, 0.2) is 28.8 Å². The number of fused-ring (bicyclic) bond motifs is 1. The second-order valence-corrected chi connectivity index (χ2v) is 4.70. The van der Waals surface area contributed by atoms with Gasteiger partial charge in [0, 0.05) is 0 Å². The largest absolute Gasteiger partial charge is 0.444 e. The van der Waals surface area contributed by atoms with Crippen molar-refractivity contribution >= 4 is 22.6 Å². The van der Waals surface area contributed by atoms with Crippen molar-refractivity contribution in [1.29, 1.82) is 5.26 Å². The minimum Gasteiger partial charge on any atom is -0.444 e. The molecule has 3 aromatic rings. The molecule has 0 N–H and O–H groups in total. The first kappa shape index (κ1) is 12.7. The Morgan fingerprint density at radius 3 is 2.95 bits per heavy atom. The lowest BCUT2D eigenvalue weighted by atomic mass is 10.2. The van der Waals surface area contributed by atoms with Crippen LogP contribution in [0.4, 0.5) is 0 Å². The normalized spacial score (nSPS) is 10.8. The number of hydrogen-bond donors (Lipinski definition) is 0. The Bertz CT molecular complexity index is 812. The van der Waals surface area contributed by atoms with E-state index in [-0.39, 0.29) is 5.88 Å². The Labute approximate surface area is 120 Å². The predicted molar refractivity (Wildman–Crippen MR) is 74.3 cm³/mol. The lowest BCUT2D eigenvalue weighted by molar-refractivity contribution is 0.457. The van der Waals surface area contributed by atoms with Gasteiger partial charge in [0.25, 0.3) is 0 Å². The summed E-state index contributed by atoms with van der Waals surface area (Å²) in [4.78, 5) is 8.65. The molecule has 20 heavy (non-hydrogen) atoms. The fourth-order valence-corrected chi connectivity index (χ4v) is 2.33. The molecular weight excluding hydrogens is 276 g/mol. The highest BCUT2D eigenvalue weighted by molar-refractivity contribution is 6.16. The van der Waals surface area contributed by atoms with Crippen LogP contribution in [0.5, 0.6) is 0 Å². The zero-order valence-electron chi connectivity index (χ0n) is 10.8. The van der Waals surface area contributed by atoms with E-state index in [1.54, 1.807) is 18.3 Å². The molecule has 0 aliphatic carbocycles. The van der Waals surface area contributed by atoms with Crippen molar-refractivity contribution in [2.75, 3.05) is 0 Å². The first-order valence-corrected chi connectivity index (χ1v) is 6.61. The Morgan fingerprint density at radius 1 is 1.45 bits per heavy atom. The van der Waals surface area contributed by atoms with Crippen LogP contribution in [0.1, 0.15) is 23.0 Å². The van der Waals surface area contributed by atoms with Crippen molar-refractivity contribution in [3.8, 4) is 6.07 Å². The quantitative estimate of drug-likeness (QED) is 0.694. The zero-order chi connectivity index (χ0) is 14.1. The summed E-state index contributed by atoms with van der Waals surface area (Å²) in [6.45, 7) is 2.29. The Kier molecular flexibility index (Phi) is 3.17. The molecule has 6 heteroatoms. The number of nitriles is 1. The summed E-state index contributed by atoms with van der Waals surface area (Å²) in [5.41, 5.74) is 2.25. The minimum atomic E-state index is 0.288. The van der Waals surface area contributed by atoms with Crippen LogP contribution < -0.4 is 0 Å². The van der Waals surface area contributed by atoms with Crippen LogP contribution in [0, 0.1) is 18.3 Å². The molecular formula is C14H11ClN4O. The van der Waals surface area contributed by atoms with Crippen molar-refractivity contribution in [1.82, 2.24) is 14.5 Å². The fourth-order valence-electron chi connectivity index (χ4n) is 2.13. The maximum Gasteiger partial charge on any atom is 0.214 e. The van der Waals surface area contributed by atoms with Gasteiger partial charge in [-0.05, 0) is 25.1 Å². The third kappa shape index (κ3) is 2.15. The van der Waals surface area contributed by atoms with Gasteiger partial charge in [0.05, 0.1) is 34.7 Å². The summed E-state index contributed by atoms with van der Waals surface area (Å²) in [5, 5.41) is 9.01. The highest BCUT2D eigenvalue weighted by Gasteiger charge is 2.13. The maximum absolute atomic E-state index is 9.01. The molecule has 1 aromatic carbocycles. The number of benzene rings is 1. The van der Waals surface area contributed by atoms with Gasteiger partial charge in [-0.15, -0.1) is 11.6 Å². The van der Waals surface area contributed by atoms with Gasteiger partial charge in [-0.2, -0.15) is 5.26 Å². The number of nitrogens with zero attached hydrogens (tertiary/aromatic N) is 4. The van der Waals surface area contributed by atoms with Crippen molar-refractivity contribution < 1.29 is 4.42 Å². The molecule has 0 aliphatic heterocycles. The van der Waals surface area contributed by atoms with Gasteiger partial charge in [0.15, 0.2) is 0 Å². The van der Waals surface area contributed by atoms with E-state index in [2.05, 4.69) is 16.0 Å². The predicted octanol–water partition coefficient (Wildman–Crippen LogP) is 2.99. The van der Waals surface area contributed by atoms with E-state index in [1.807, 2.05) is 17.6 Å². The van der Waals surface area contributed by atoms with Gasteiger partial charge in [-0.25, -0.2) is 9.97 Å². The smallest absolute Gasteiger partial charge is 0.214 e. The summed E-state index contributed by atoms with van der Waals surface area (Å²) < 4.78 is 7.42. The number of alkyl halides is 1. The van der Waals surface area contributed by atoms with Crippen molar-refractivity contribution in [3.05, 3.63) is 47.4 Å². The molecule has 0 aliphatic rings. The third-order valence-electron chi connectivity index (χ3n) is 3.04. The topological polar surface area (TPSA) is 67.6 Å². The van der Waals surface area contributed by atoms with Crippen LogP contribution in [0.3, 0.4) is 0 Å². The van der Waals surface area contributed by atoms with Gasteiger partial charge in [-0.3, -0.25) is 0 Å². The average Bonchev–Trinajstić information content (AvgIpc) is 3.03. The number of aryl methyl sites for hydroxylation is 1. The summed E-state index contributed by atoms with van der Waals surface area (Å²) in [5.74, 6) is 2.37. The van der Waals surface area contributed by atoms with Crippen LogP contribution >= 0.6 is 11.6 Å². The number of halogens is 1. The molecule has 0 fully saturated rings. The van der Waals surface area contributed by atoms with Gasteiger partial charge >= 0.3 is 0 Å². The van der Waals surface area contributed by atoms with Gasteiger partial charge in [0.1, 0.15) is 18.1 Å². The summed E-state index contributed by atoms with van der Waals surface area (Å²) in [7, 11) is 0. The molecule has 0 bridgehead atoms. The van der Waals surface area contributed by atoms with E-state index >= 15 is 0 Å². The zero-order valence-corrected chi connectivity index (χ0v) is 11.6. The first-order chi connectivity index (χ1) is 9.71. The Balaban J connectivity index is 2.13. The summed E-state index contributed by atoms with van der Waals surface area (Å²) >= 11 is 5.95. The molecule has 2 heterocycles. The SMILES string of the molecule is Cc1cnc(Cn2c(CCl)nc3ccc(C#N)cc32)o1. The van der Waals surface area contributed by atoms with Crippen molar-refractivity contribution in [2.24, 2.45) is 0 Å².